The number of nitrogens with one attached hydrogen (secondary N) is 1. The highest BCUT2D eigenvalue weighted by Crippen LogP contribution is 2.52. The highest BCUT2D eigenvalue weighted by atomic mass is 19.3. The largest absolute Gasteiger partial charge is 0.497 e. The zero-order valence-corrected chi connectivity index (χ0v) is 25.4. The van der Waals surface area contributed by atoms with Crippen LogP contribution in [0.25, 0.3) is 0 Å². The van der Waals surface area contributed by atoms with E-state index in [2.05, 4.69) is 15.3 Å². The second kappa shape index (κ2) is 11.5. The molecule has 1 aliphatic rings. The number of carbonyl (C=O) groups is 1. The molecule has 1 amide bonds. The number of primary amides is 1. The van der Waals surface area contributed by atoms with E-state index in [0.29, 0.717) is 28.2 Å². The molecular formula is C34H33F3N4O4. The van der Waals surface area contributed by atoms with Gasteiger partial charge in [-0.05, 0) is 73.9 Å². The second-order valence-electron chi connectivity index (χ2n) is 11.3. The predicted molar refractivity (Wildman–Crippen MR) is 163 cm³/mol. The third kappa shape index (κ3) is 5.22. The van der Waals surface area contributed by atoms with Gasteiger partial charge < -0.3 is 25.3 Å². The molecule has 0 spiro atoms. The van der Waals surface area contributed by atoms with Gasteiger partial charge in [0.1, 0.15) is 34.2 Å². The summed E-state index contributed by atoms with van der Waals surface area (Å²) in [5, 5.41) is 3.34. The van der Waals surface area contributed by atoms with Gasteiger partial charge >= 0.3 is 5.92 Å². The van der Waals surface area contributed by atoms with E-state index in [1.54, 1.807) is 38.5 Å². The maximum absolute atomic E-state index is 16.4. The van der Waals surface area contributed by atoms with E-state index in [1.165, 1.54) is 13.8 Å². The van der Waals surface area contributed by atoms with Crippen molar-refractivity contribution in [1.82, 2.24) is 10.3 Å². The van der Waals surface area contributed by atoms with Crippen LogP contribution in [0, 0.1) is 5.82 Å². The molecule has 2 heterocycles. The lowest BCUT2D eigenvalue weighted by Crippen LogP contribution is -2.64. The first-order valence-electron chi connectivity index (χ1n) is 14.1. The standard InChI is InChI=1S/C34H33F3N4O4/c1-31(2)34(36,37)32(3,28-26(35)19-20-27(39-28)29(38)42)40-30(45-31)41-33(21-9-7-6-8-10-21,22-11-15-24(43-4)16-12-22)23-13-17-25(44-5)18-14-23/h6-20H,1-5H3,(H2,38,42)(H,40,41)/t32-/m1/s1. The molecule has 0 bridgehead atoms. The van der Waals surface area contributed by atoms with Crippen LogP contribution in [0.4, 0.5) is 13.2 Å². The van der Waals surface area contributed by atoms with E-state index in [9.17, 15) is 4.79 Å². The van der Waals surface area contributed by atoms with Gasteiger partial charge in [-0.2, -0.15) is 8.78 Å². The molecular weight excluding hydrogens is 585 g/mol. The van der Waals surface area contributed by atoms with Gasteiger partial charge in [0, 0.05) is 0 Å². The lowest BCUT2D eigenvalue weighted by atomic mass is 9.76. The van der Waals surface area contributed by atoms with Gasteiger partial charge in [-0.1, -0.05) is 54.6 Å². The fourth-order valence-corrected chi connectivity index (χ4v) is 5.61. The van der Waals surface area contributed by atoms with Crippen LogP contribution in [0.3, 0.4) is 0 Å². The van der Waals surface area contributed by atoms with Gasteiger partial charge in [-0.25, -0.2) is 14.4 Å². The number of ether oxygens (including phenoxy) is 3. The van der Waals surface area contributed by atoms with Gasteiger partial charge in [0.15, 0.2) is 11.1 Å². The molecule has 0 unspecified atom stereocenters. The Morgan fingerprint density at radius 1 is 0.822 bits per heavy atom. The predicted octanol–water partition coefficient (Wildman–Crippen LogP) is 5.93. The SMILES string of the molecule is COc1ccc(C(NC2=N[C@](C)(c3nc(C(N)=O)ccc3F)C(F)(F)C(C)(C)O2)(c2ccccc2)c2ccc(OC)cc2)cc1. The number of aliphatic imine (C=N–C) groups is 1. The van der Waals surface area contributed by atoms with Crippen molar-refractivity contribution >= 4 is 11.9 Å². The van der Waals surface area contributed by atoms with Gasteiger partial charge in [0.25, 0.3) is 11.9 Å². The Hall–Kier alpha value is -5.06. The fourth-order valence-electron chi connectivity index (χ4n) is 5.61. The molecule has 1 aromatic heterocycles. The number of aromatic nitrogens is 1. The van der Waals surface area contributed by atoms with E-state index >= 15 is 13.2 Å². The summed E-state index contributed by atoms with van der Waals surface area (Å²) in [4.78, 5) is 20.2. The number of nitrogens with zero attached hydrogens (tertiary/aromatic N) is 2. The number of pyridine rings is 1. The molecule has 0 aliphatic carbocycles. The molecule has 1 aliphatic heterocycles. The molecule has 8 nitrogen and oxygen atoms in total. The minimum absolute atomic E-state index is 0.311. The smallest absolute Gasteiger partial charge is 0.316 e. The summed E-state index contributed by atoms with van der Waals surface area (Å²) in [5.41, 5.74) is 0.164. The number of carbonyl (C=O) groups excluding carboxylic acids is 1. The molecule has 4 aromatic rings. The van der Waals surface area contributed by atoms with Crippen molar-refractivity contribution < 1.29 is 32.2 Å². The summed E-state index contributed by atoms with van der Waals surface area (Å²) in [6.07, 6.45) is 0. The summed E-state index contributed by atoms with van der Waals surface area (Å²) < 4.78 is 64.8. The zero-order valence-electron chi connectivity index (χ0n) is 25.4. The minimum atomic E-state index is -3.81. The average molecular weight is 619 g/mol. The van der Waals surface area contributed by atoms with Crippen LogP contribution in [-0.2, 0) is 15.8 Å². The number of nitrogens with two attached hydrogens (primary N) is 1. The summed E-state index contributed by atoms with van der Waals surface area (Å²) in [6, 6.07) is 25.3. The maximum atomic E-state index is 16.4. The number of hydrogen-bond acceptors (Lipinski definition) is 7. The molecule has 0 saturated heterocycles. The fraction of sp³-hybridized carbons (Fsp3) is 0.265. The number of amides is 1. The number of halogens is 3. The lowest BCUT2D eigenvalue weighted by Gasteiger charge is -2.48. The Labute approximate surface area is 259 Å². The van der Waals surface area contributed by atoms with E-state index in [0.717, 1.165) is 19.1 Å². The molecule has 5 rings (SSSR count). The number of hydrogen-bond donors (Lipinski definition) is 2. The van der Waals surface area contributed by atoms with Crippen molar-refractivity contribution in [3.63, 3.8) is 0 Å². The highest BCUT2D eigenvalue weighted by molar-refractivity contribution is 5.90. The summed E-state index contributed by atoms with van der Waals surface area (Å²) >= 11 is 0. The molecule has 11 heteroatoms. The second-order valence-corrected chi connectivity index (χ2v) is 11.3. The minimum Gasteiger partial charge on any atom is -0.497 e. The van der Waals surface area contributed by atoms with Crippen molar-refractivity contribution in [3.8, 4) is 11.5 Å². The van der Waals surface area contributed by atoms with Crippen LogP contribution >= 0.6 is 0 Å². The number of alkyl halides is 2. The molecule has 1 atom stereocenters. The molecule has 234 valence electrons. The summed E-state index contributed by atoms with van der Waals surface area (Å²) in [6.45, 7) is 3.42. The molecule has 3 N–H and O–H groups in total. The zero-order chi connectivity index (χ0) is 32.6. The molecule has 0 saturated carbocycles. The van der Waals surface area contributed by atoms with Gasteiger partial charge in [0.05, 0.1) is 14.2 Å². The normalized spacial score (nSPS) is 18.7. The van der Waals surface area contributed by atoms with E-state index in [-0.39, 0.29) is 11.7 Å². The Bertz CT molecular complexity index is 1680. The maximum Gasteiger partial charge on any atom is 0.316 e. The van der Waals surface area contributed by atoms with E-state index in [4.69, 9.17) is 19.9 Å². The van der Waals surface area contributed by atoms with Gasteiger partial charge in [0.2, 0.25) is 0 Å². The summed E-state index contributed by atoms with van der Waals surface area (Å²) in [7, 11) is 3.10. The van der Waals surface area contributed by atoms with E-state index < -0.39 is 40.0 Å². The first kappa shape index (κ1) is 31.4. The van der Waals surface area contributed by atoms with Crippen molar-refractivity contribution in [2.75, 3.05) is 14.2 Å². The van der Waals surface area contributed by atoms with Crippen LogP contribution in [0.2, 0.25) is 0 Å². The van der Waals surface area contributed by atoms with Gasteiger partial charge in [-0.3, -0.25) is 4.79 Å². The third-order valence-electron chi connectivity index (χ3n) is 8.15. The molecule has 0 radical (unpaired) electrons. The number of rotatable bonds is 8. The van der Waals surface area contributed by atoms with E-state index in [1.807, 2.05) is 54.6 Å². The van der Waals surface area contributed by atoms with Crippen LogP contribution in [0.1, 0.15) is 53.6 Å². The third-order valence-corrected chi connectivity index (χ3v) is 8.15. The molecule has 45 heavy (non-hydrogen) atoms. The Morgan fingerprint density at radius 2 is 1.33 bits per heavy atom. The summed E-state index contributed by atoms with van der Waals surface area (Å²) in [5.74, 6) is -4.69. The van der Waals surface area contributed by atoms with Crippen molar-refractivity contribution in [3.05, 3.63) is 125 Å². The molecule has 0 fully saturated rings. The first-order valence-corrected chi connectivity index (χ1v) is 14.1. The average Bonchev–Trinajstić information content (AvgIpc) is 3.03. The first-order chi connectivity index (χ1) is 21.3. The van der Waals surface area contributed by atoms with Crippen LogP contribution in [0.5, 0.6) is 11.5 Å². The Balaban J connectivity index is 1.80. The number of benzene rings is 3. The van der Waals surface area contributed by atoms with Crippen molar-refractivity contribution in [2.45, 2.75) is 43.4 Å². The van der Waals surface area contributed by atoms with Crippen molar-refractivity contribution in [2.24, 2.45) is 10.7 Å². The number of amidine groups is 1. The van der Waals surface area contributed by atoms with Crippen LogP contribution < -0.4 is 20.5 Å². The van der Waals surface area contributed by atoms with Crippen molar-refractivity contribution in [1.29, 1.82) is 0 Å². The Morgan fingerprint density at radius 3 is 1.82 bits per heavy atom. The van der Waals surface area contributed by atoms with Crippen LogP contribution in [0.15, 0.2) is 96.0 Å². The quantitative estimate of drug-likeness (QED) is 0.237. The topological polar surface area (TPSA) is 108 Å². The molecule has 3 aromatic carbocycles. The lowest BCUT2D eigenvalue weighted by molar-refractivity contribution is -0.210. The monoisotopic (exact) mass is 618 g/mol. The highest BCUT2D eigenvalue weighted by Gasteiger charge is 2.67. The number of methoxy groups -OCH3 is 2. The van der Waals surface area contributed by atoms with Crippen LogP contribution in [-0.4, -0.2) is 42.7 Å². The Kier molecular flexibility index (Phi) is 7.99. The van der Waals surface area contributed by atoms with Gasteiger partial charge in [-0.15, -0.1) is 0 Å².